The van der Waals surface area contributed by atoms with Gasteiger partial charge in [-0.15, -0.1) is 0 Å². The molecule has 4 rings (SSSR count). The van der Waals surface area contributed by atoms with E-state index >= 15 is 0 Å². The molecule has 0 aliphatic heterocycles. The van der Waals surface area contributed by atoms with Gasteiger partial charge in [-0.3, -0.25) is 0 Å². The van der Waals surface area contributed by atoms with Gasteiger partial charge in [0, 0.05) is 0 Å². The molecular formula is C31H32P+. The maximum atomic E-state index is 2.39. The third-order valence-corrected chi connectivity index (χ3v) is 10.6. The number of unbranched alkanes of at least 4 members (excludes halogenated alkanes) is 1. The Morgan fingerprint density at radius 2 is 0.875 bits per heavy atom. The zero-order valence-corrected chi connectivity index (χ0v) is 19.6. The molecule has 0 aromatic heterocycles. The van der Waals surface area contributed by atoms with Crippen LogP contribution in [0.4, 0.5) is 0 Å². The van der Waals surface area contributed by atoms with Gasteiger partial charge >= 0.3 is 0 Å². The van der Waals surface area contributed by atoms with Crippen molar-refractivity contribution in [1.29, 1.82) is 0 Å². The first-order valence-corrected chi connectivity index (χ1v) is 13.6. The fourth-order valence-corrected chi connectivity index (χ4v) is 8.83. The Morgan fingerprint density at radius 1 is 0.469 bits per heavy atom. The van der Waals surface area contributed by atoms with Gasteiger partial charge in [0.15, 0.2) is 0 Å². The van der Waals surface area contributed by atoms with Crippen LogP contribution in [0.1, 0.15) is 24.8 Å². The SMILES string of the molecule is C(=C\CCc1ccccc1)/CCC[P+](c1ccccc1)(c1ccccc1)c1ccccc1. The largest absolute Gasteiger partial charge is 0.112 e. The highest BCUT2D eigenvalue weighted by Crippen LogP contribution is 2.55. The molecule has 4 aromatic rings. The van der Waals surface area contributed by atoms with Crippen LogP contribution in [-0.4, -0.2) is 6.16 Å². The Hall–Kier alpha value is -2.95. The lowest BCUT2D eigenvalue weighted by molar-refractivity contribution is 0.940. The number of rotatable bonds is 10. The molecule has 0 nitrogen and oxygen atoms in total. The Balaban J connectivity index is 1.53. The first kappa shape index (κ1) is 22.3. The maximum absolute atomic E-state index is 2.39. The van der Waals surface area contributed by atoms with E-state index in [1.54, 1.807) is 0 Å². The molecule has 0 saturated carbocycles. The molecule has 4 aromatic carbocycles. The van der Waals surface area contributed by atoms with Gasteiger partial charge in [-0.05, 0) is 67.6 Å². The van der Waals surface area contributed by atoms with Crippen LogP contribution < -0.4 is 15.9 Å². The van der Waals surface area contributed by atoms with Gasteiger partial charge < -0.3 is 0 Å². The van der Waals surface area contributed by atoms with Crippen molar-refractivity contribution < 1.29 is 0 Å². The average Bonchev–Trinajstić information content (AvgIpc) is 2.88. The molecule has 0 unspecified atom stereocenters. The van der Waals surface area contributed by atoms with Crippen LogP contribution in [0.2, 0.25) is 0 Å². The molecule has 1 heteroatoms. The summed E-state index contributed by atoms with van der Waals surface area (Å²) in [7, 11) is -1.69. The van der Waals surface area contributed by atoms with E-state index in [2.05, 4.69) is 133 Å². The highest BCUT2D eigenvalue weighted by molar-refractivity contribution is 7.95. The van der Waals surface area contributed by atoms with Crippen LogP contribution in [0, 0.1) is 0 Å². The second-order valence-corrected chi connectivity index (χ2v) is 11.8. The van der Waals surface area contributed by atoms with Gasteiger partial charge in [0.05, 0.1) is 6.16 Å². The van der Waals surface area contributed by atoms with Crippen molar-refractivity contribution >= 4 is 23.2 Å². The van der Waals surface area contributed by atoms with Gasteiger partial charge in [-0.25, -0.2) is 0 Å². The fraction of sp³-hybridized carbons (Fsp3) is 0.161. The topological polar surface area (TPSA) is 0 Å². The van der Waals surface area contributed by atoms with Crippen molar-refractivity contribution in [3.63, 3.8) is 0 Å². The lowest BCUT2D eigenvalue weighted by atomic mass is 10.1. The zero-order chi connectivity index (χ0) is 21.9. The van der Waals surface area contributed by atoms with Crippen LogP contribution in [-0.2, 0) is 6.42 Å². The van der Waals surface area contributed by atoms with Crippen LogP contribution in [0.15, 0.2) is 133 Å². The van der Waals surface area contributed by atoms with Gasteiger partial charge in [-0.1, -0.05) is 97.1 Å². The molecule has 0 atom stereocenters. The smallest absolute Gasteiger partial charge is 0.0884 e. The normalized spacial score (nSPS) is 11.6. The van der Waals surface area contributed by atoms with Crippen LogP contribution in [0.5, 0.6) is 0 Å². The van der Waals surface area contributed by atoms with Crippen molar-refractivity contribution in [2.24, 2.45) is 0 Å². The summed E-state index contributed by atoms with van der Waals surface area (Å²) in [6.45, 7) is 0. The Morgan fingerprint density at radius 3 is 1.34 bits per heavy atom. The third kappa shape index (κ3) is 5.45. The predicted molar refractivity (Wildman–Crippen MR) is 143 cm³/mol. The lowest BCUT2D eigenvalue weighted by Gasteiger charge is -2.27. The summed E-state index contributed by atoms with van der Waals surface area (Å²) in [6.07, 6.45) is 10.5. The van der Waals surface area contributed by atoms with Gasteiger partial charge in [0.2, 0.25) is 0 Å². The quantitative estimate of drug-likeness (QED) is 0.144. The van der Waals surface area contributed by atoms with Gasteiger partial charge in [-0.2, -0.15) is 0 Å². The van der Waals surface area contributed by atoms with Gasteiger partial charge in [0.25, 0.3) is 0 Å². The molecule has 0 N–H and O–H groups in total. The van der Waals surface area contributed by atoms with Crippen molar-refractivity contribution in [2.45, 2.75) is 25.7 Å². The Bertz CT molecular complexity index is 974. The van der Waals surface area contributed by atoms with E-state index in [1.165, 1.54) is 34.1 Å². The molecule has 0 fully saturated rings. The Labute approximate surface area is 194 Å². The maximum Gasteiger partial charge on any atom is 0.112 e. The van der Waals surface area contributed by atoms with Crippen molar-refractivity contribution in [3.8, 4) is 0 Å². The summed E-state index contributed by atoms with van der Waals surface area (Å²) in [5, 5.41) is 4.43. The standard InChI is InChI=1S/C31H32P/c1(2-8-18-28-19-9-4-10-20-28)3-17-27-32(29-21-11-5-12-22-29,30-23-13-6-14-24-30)31-25-15-7-16-26-31/h1-2,4-7,9-16,19-26H,3,8,17-18,27H2/q+1/b2-1+. The number of aryl methyl sites for hydroxylation is 1. The van der Waals surface area contributed by atoms with E-state index in [0.717, 1.165) is 19.3 Å². The fourth-order valence-electron chi connectivity index (χ4n) is 4.46. The summed E-state index contributed by atoms with van der Waals surface area (Å²) in [5.41, 5.74) is 1.42. The van der Waals surface area contributed by atoms with Crippen LogP contribution >= 0.6 is 7.26 Å². The molecule has 0 saturated heterocycles. The molecule has 160 valence electrons. The van der Waals surface area contributed by atoms with E-state index in [-0.39, 0.29) is 0 Å². The van der Waals surface area contributed by atoms with E-state index < -0.39 is 7.26 Å². The predicted octanol–water partition coefficient (Wildman–Crippen LogP) is 6.95. The summed E-state index contributed by atoms with van der Waals surface area (Å²) >= 11 is 0. The molecule has 32 heavy (non-hydrogen) atoms. The minimum absolute atomic E-state index is 1.11. The van der Waals surface area contributed by atoms with E-state index in [9.17, 15) is 0 Å². The number of hydrogen-bond acceptors (Lipinski definition) is 0. The minimum atomic E-state index is -1.69. The monoisotopic (exact) mass is 435 g/mol. The lowest BCUT2D eigenvalue weighted by Crippen LogP contribution is -2.33. The second kappa shape index (κ2) is 11.6. The zero-order valence-electron chi connectivity index (χ0n) is 18.7. The van der Waals surface area contributed by atoms with Crippen LogP contribution in [0.25, 0.3) is 0 Å². The number of hydrogen-bond donors (Lipinski definition) is 0. The molecule has 0 spiro atoms. The minimum Gasteiger partial charge on any atom is -0.0884 e. The third-order valence-electron chi connectivity index (χ3n) is 6.06. The second-order valence-electron chi connectivity index (χ2n) is 8.18. The average molecular weight is 436 g/mol. The Kier molecular flexibility index (Phi) is 8.07. The highest BCUT2D eigenvalue weighted by atomic mass is 31.2. The van der Waals surface area contributed by atoms with Crippen molar-refractivity contribution in [1.82, 2.24) is 0 Å². The highest BCUT2D eigenvalue weighted by Gasteiger charge is 2.44. The van der Waals surface area contributed by atoms with Crippen molar-refractivity contribution in [2.75, 3.05) is 6.16 Å². The first-order chi connectivity index (χ1) is 15.9. The molecule has 0 aliphatic rings. The van der Waals surface area contributed by atoms with E-state index in [4.69, 9.17) is 0 Å². The molecule has 0 heterocycles. The number of benzene rings is 4. The van der Waals surface area contributed by atoms with Crippen LogP contribution in [0.3, 0.4) is 0 Å². The molecular weight excluding hydrogens is 403 g/mol. The van der Waals surface area contributed by atoms with Gasteiger partial charge in [0.1, 0.15) is 23.2 Å². The first-order valence-electron chi connectivity index (χ1n) is 11.6. The summed E-state index contributed by atoms with van der Waals surface area (Å²) in [6, 6.07) is 44.3. The number of allylic oxidation sites excluding steroid dienone is 2. The van der Waals surface area contributed by atoms with E-state index in [1.807, 2.05) is 0 Å². The molecule has 0 bridgehead atoms. The summed E-state index contributed by atoms with van der Waals surface area (Å²) in [4.78, 5) is 0. The molecule has 0 radical (unpaired) electrons. The molecule has 0 amide bonds. The summed E-state index contributed by atoms with van der Waals surface area (Å²) in [5.74, 6) is 0. The van der Waals surface area contributed by atoms with Crippen molar-refractivity contribution in [3.05, 3.63) is 139 Å². The summed E-state index contributed by atoms with van der Waals surface area (Å²) < 4.78 is 0. The van der Waals surface area contributed by atoms with E-state index in [0.29, 0.717) is 0 Å². The molecule has 0 aliphatic carbocycles.